The molecule has 0 bridgehead atoms. The van der Waals surface area contributed by atoms with Gasteiger partial charge in [0.05, 0.1) is 13.2 Å². The van der Waals surface area contributed by atoms with Gasteiger partial charge in [-0.3, -0.25) is 4.79 Å². The summed E-state index contributed by atoms with van der Waals surface area (Å²) in [4.78, 5) is 11.4. The van der Waals surface area contributed by atoms with E-state index in [0.717, 1.165) is 42.1 Å². The zero-order valence-electron chi connectivity index (χ0n) is 12.9. The number of rotatable bonds is 5. The molecule has 1 aromatic rings. The molecule has 2 aliphatic rings. The zero-order valence-corrected chi connectivity index (χ0v) is 12.9. The lowest BCUT2D eigenvalue weighted by atomic mass is 10.2. The Bertz CT molecular complexity index is 577. The minimum absolute atomic E-state index is 0.0512. The van der Waals surface area contributed by atoms with Crippen LogP contribution in [0.1, 0.15) is 32.1 Å². The second-order valence-corrected chi connectivity index (χ2v) is 5.73. The predicted molar refractivity (Wildman–Crippen MR) is 85.2 cm³/mol. The van der Waals surface area contributed by atoms with Gasteiger partial charge in [-0.1, -0.05) is 0 Å². The van der Waals surface area contributed by atoms with Gasteiger partial charge < -0.3 is 20.1 Å². The maximum atomic E-state index is 11.4. The highest BCUT2D eigenvalue weighted by molar-refractivity contribution is 5.89. The molecule has 1 heterocycles. The van der Waals surface area contributed by atoms with Crippen molar-refractivity contribution in [3.63, 3.8) is 0 Å². The van der Waals surface area contributed by atoms with E-state index >= 15 is 0 Å². The molecule has 0 spiro atoms. The molecular weight excluding hydrogens is 280 g/mol. The van der Waals surface area contributed by atoms with Crippen LogP contribution >= 0.6 is 0 Å². The Balaban J connectivity index is 1.75. The van der Waals surface area contributed by atoms with Crippen molar-refractivity contribution in [2.45, 2.75) is 38.2 Å². The highest BCUT2D eigenvalue weighted by atomic mass is 16.5. The first-order chi connectivity index (χ1) is 10.7. The Morgan fingerprint density at radius 2 is 2.05 bits per heavy atom. The molecule has 5 nitrogen and oxygen atoms in total. The van der Waals surface area contributed by atoms with Gasteiger partial charge in [-0.2, -0.15) is 0 Å². The van der Waals surface area contributed by atoms with Crippen LogP contribution < -0.4 is 20.1 Å². The van der Waals surface area contributed by atoms with Crippen LogP contribution in [0.25, 0.3) is 0 Å². The van der Waals surface area contributed by atoms with Crippen molar-refractivity contribution in [3.8, 4) is 11.5 Å². The molecule has 0 aromatic heterocycles. The zero-order chi connectivity index (χ0) is 15.4. The highest BCUT2D eigenvalue weighted by Crippen LogP contribution is 2.34. The lowest BCUT2D eigenvalue weighted by Gasteiger charge is -2.19. The van der Waals surface area contributed by atoms with Gasteiger partial charge in [0.1, 0.15) is 0 Å². The predicted octanol–water partition coefficient (Wildman–Crippen LogP) is 2.83. The van der Waals surface area contributed by atoms with Crippen LogP contribution in [0, 0.1) is 0 Å². The summed E-state index contributed by atoms with van der Waals surface area (Å²) in [5.74, 6) is 1.46. The number of hydrogen-bond donors (Lipinski definition) is 2. The van der Waals surface area contributed by atoms with Gasteiger partial charge in [-0.15, -0.1) is 0 Å². The number of benzene rings is 1. The molecule has 1 aliphatic carbocycles. The summed E-state index contributed by atoms with van der Waals surface area (Å²) >= 11 is 0. The Labute approximate surface area is 130 Å². The standard InChI is InChI=1S/C17H22N2O3/c1-21-15-7-6-12(19-13-8-9-18-17(20)11-13)10-16(15)22-14-4-2-3-5-14/h6-7,10-11,14,19H,2-5,8-9H2,1H3,(H,18,20). The van der Waals surface area contributed by atoms with Crippen LogP contribution in [0.3, 0.4) is 0 Å². The lowest BCUT2D eigenvalue weighted by molar-refractivity contribution is -0.116. The molecule has 0 radical (unpaired) electrons. The second kappa shape index (κ2) is 6.73. The molecule has 1 saturated carbocycles. The molecule has 0 saturated heterocycles. The van der Waals surface area contributed by atoms with Crippen molar-refractivity contribution in [3.05, 3.63) is 30.0 Å². The molecule has 1 aliphatic heterocycles. The van der Waals surface area contributed by atoms with E-state index in [0.29, 0.717) is 6.54 Å². The van der Waals surface area contributed by atoms with E-state index < -0.39 is 0 Å². The van der Waals surface area contributed by atoms with Gasteiger partial charge in [-0.25, -0.2) is 0 Å². The molecule has 1 aromatic carbocycles. The SMILES string of the molecule is COc1ccc(NC2=CC(=O)NCC2)cc1OC1CCCC1. The number of methoxy groups -OCH3 is 1. The summed E-state index contributed by atoms with van der Waals surface area (Å²) in [5.41, 5.74) is 1.83. The van der Waals surface area contributed by atoms with Gasteiger partial charge >= 0.3 is 0 Å². The minimum atomic E-state index is -0.0512. The van der Waals surface area contributed by atoms with E-state index in [-0.39, 0.29) is 12.0 Å². The number of anilines is 1. The number of amides is 1. The third kappa shape index (κ3) is 3.53. The molecular formula is C17H22N2O3. The summed E-state index contributed by atoms with van der Waals surface area (Å²) < 4.78 is 11.5. The largest absolute Gasteiger partial charge is 0.493 e. The Morgan fingerprint density at radius 1 is 1.23 bits per heavy atom. The van der Waals surface area contributed by atoms with Gasteiger partial charge in [0.25, 0.3) is 0 Å². The maximum absolute atomic E-state index is 11.4. The van der Waals surface area contributed by atoms with E-state index in [1.54, 1.807) is 13.2 Å². The normalized spacial score (nSPS) is 18.6. The molecule has 118 valence electrons. The van der Waals surface area contributed by atoms with Crippen molar-refractivity contribution in [1.82, 2.24) is 5.32 Å². The summed E-state index contributed by atoms with van der Waals surface area (Å²) in [5, 5.41) is 6.07. The van der Waals surface area contributed by atoms with Crippen molar-refractivity contribution < 1.29 is 14.3 Å². The van der Waals surface area contributed by atoms with Gasteiger partial charge in [0, 0.05) is 36.5 Å². The molecule has 0 atom stereocenters. The average Bonchev–Trinajstić information content (AvgIpc) is 3.01. The number of ether oxygens (including phenoxy) is 2. The highest BCUT2D eigenvalue weighted by Gasteiger charge is 2.19. The van der Waals surface area contributed by atoms with Gasteiger partial charge in [0.15, 0.2) is 11.5 Å². The first kappa shape index (κ1) is 14.8. The Morgan fingerprint density at radius 3 is 2.77 bits per heavy atom. The third-order valence-corrected chi connectivity index (χ3v) is 4.06. The van der Waals surface area contributed by atoms with E-state index in [4.69, 9.17) is 9.47 Å². The summed E-state index contributed by atoms with van der Waals surface area (Å²) in [6, 6.07) is 5.79. The number of hydrogen-bond acceptors (Lipinski definition) is 4. The molecule has 5 heteroatoms. The maximum Gasteiger partial charge on any atom is 0.245 e. The fourth-order valence-corrected chi connectivity index (χ4v) is 2.92. The fourth-order valence-electron chi connectivity index (χ4n) is 2.92. The smallest absolute Gasteiger partial charge is 0.245 e. The Hall–Kier alpha value is -2.17. The average molecular weight is 302 g/mol. The molecule has 1 fully saturated rings. The Kier molecular flexibility index (Phi) is 4.51. The van der Waals surface area contributed by atoms with E-state index in [1.807, 2.05) is 18.2 Å². The van der Waals surface area contributed by atoms with Crippen LogP contribution in [0.2, 0.25) is 0 Å². The van der Waals surface area contributed by atoms with Gasteiger partial charge in [-0.05, 0) is 37.8 Å². The first-order valence-corrected chi connectivity index (χ1v) is 7.85. The monoisotopic (exact) mass is 302 g/mol. The molecule has 1 amide bonds. The summed E-state index contributed by atoms with van der Waals surface area (Å²) in [6.45, 7) is 0.666. The second-order valence-electron chi connectivity index (χ2n) is 5.73. The van der Waals surface area contributed by atoms with Gasteiger partial charge in [0.2, 0.25) is 5.91 Å². The topological polar surface area (TPSA) is 59.6 Å². The molecule has 0 unspecified atom stereocenters. The molecule has 22 heavy (non-hydrogen) atoms. The van der Waals surface area contributed by atoms with E-state index in [1.165, 1.54) is 12.8 Å². The number of nitrogens with one attached hydrogen (secondary N) is 2. The molecule has 2 N–H and O–H groups in total. The fraction of sp³-hybridized carbons (Fsp3) is 0.471. The number of carbonyl (C=O) groups excluding carboxylic acids is 1. The van der Waals surface area contributed by atoms with Crippen molar-refractivity contribution in [2.75, 3.05) is 19.0 Å². The summed E-state index contributed by atoms with van der Waals surface area (Å²) in [6.07, 6.45) is 7.35. The first-order valence-electron chi connectivity index (χ1n) is 7.85. The minimum Gasteiger partial charge on any atom is -0.493 e. The van der Waals surface area contributed by atoms with Crippen LogP contribution in [0.15, 0.2) is 30.0 Å². The van der Waals surface area contributed by atoms with Crippen LogP contribution in [0.5, 0.6) is 11.5 Å². The number of carbonyl (C=O) groups is 1. The quantitative estimate of drug-likeness (QED) is 0.878. The van der Waals surface area contributed by atoms with Crippen molar-refractivity contribution in [2.24, 2.45) is 0 Å². The summed E-state index contributed by atoms with van der Waals surface area (Å²) in [7, 11) is 1.65. The van der Waals surface area contributed by atoms with Crippen molar-refractivity contribution >= 4 is 11.6 Å². The van der Waals surface area contributed by atoms with Crippen LogP contribution in [-0.4, -0.2) is 25.7 Å². The van der Waals surface area contributed by atoms with Crippen LogP contribution in [0.4, 0.5) is 5.69 Å². The lowest BCUT2D eigenvalue weighted by Crippen LogP contribution is -2.28. The van der Waals surface area contributed by atoms with E-state index in [2.05, 4.69) is 10.6 Å². The third-order valence-electron chi connectivity index (χ3n) is 4.06. The van der Waals surface area contributed by atoms with Crippen molar-refractivity contribution in [1.29, 1.82) is 0 Å². The van der Waals surface area contributed by atoms with Crippen LogP contribution in [-0.2, 0) is 4.79 Å². The molecule has 3 rings (SSSR count). The van der Waals surface area contributed by atoms with E-state index in [9.17, 15) is 4.79 Å².